The summed E-state index contributed by atoms with van der Waals surface area (Å²) in [6, 6.07) is 7.84. The molecule has 0 aliphatic carbocycles. The van der Waals surface area contributed by atoms with Crippen molar-refractivity contribution in [2.75, 3.05) is 18.1 Å². The van der Waals surface area contributed by atoms with Gasteiger partial charge in [0.15, 0.2) is 0 Å². The summed E-state index contributed by atoms with van der Waals surface area (Å²) in [6.45, 7) is 2.64. The lowest BCUT2D eigenvalue weighted by atomic mass is 10.3. The summed E-state index contributed by atoms with van der Waals surface area (Å²) in [5.41, 5.74) is 0. The van der Waals surface area contributed by atoms with E-state index in [1.165, 1.54) is 0 Å². The van der Waals surface area contributed by atoms with E-state index in [1.807, 2.05) is 37.4 Å². The van der Waals surface area contributed by atoms with E-state index < -0.39 is 0 Å². The lowest BCUT2D eigenvalue weighted by Crippen LogP contribution is -2.05. The molecule has 19 heavy (non-hydrogen) atoms. The number of anilines is 1. The highest BCUT2D eigenvalue weighted by atomic mass is 35.5. The molecule has 0 unspecified atom stereocenters. The quantitative estimate of drug-likeness (QED) is 0.853. The van der Waals surface area contributed by atoms with Crippen molar-refractivity contribution in [3.63, 3.8) is 0 Å². The molecule has 0 saturated carbocycles. The first kappa shape index (κ1) is 13.9. The van der Waals surface area contributed by atoms with Crippen molar-refractivity contribution in [3.8, 4) is 11.8 Å². The maximum absolute atomic E-state index is 5.84. The molecule has 100 valence electrons. The monoisotopic (exact) mass is 296 g/mol. The van der Waals surface area contributed by atoms with Gasteiger partial charge in [-0.25, -0.2) is 0 Å². The summed E-state index contributed by atoms with van der Waals surface area (Å²) in [4.78, 5) is 13.1. The Morgan fingerprint density at radius 2 is 2.05 bits per heavy atom. The Morgan fingerprint density at radius 1 is 1.26 bits per heavy atom. The van der Waals surface area contributed by atoms with Crippen molar-refractivity contribution in [2.45, 2.75) is 11.8 Å². The number of halogens is 1. The molecule has 5 nitrogen and oxygen atoms in total. The second kappa shape index (κ2) is 6.58. The van der Waals surface area contributed by atoms with Crippen molar-refractivity contribution >= 4 is 29.3 Å². The fourth-order valence-corrected chi connectivity index (χ4v) is 2.09. The van der Waals surface area contributed by atoms with Crippen LogP contribution in [0.15, 0.2) is 29.2 Å². The maximum atomic E-state index is 5.84. The number of nitrogens with one attached hydrogen (secondary N) is 1. The topological polar surface area (TPSA) is 59.9 Å². The molecule has 0 bridgehead atoms. The van der Waals surface area contributed by atoms with E-state index in [2.05, 4.69) is 20.3 Å². The number of nitrogens with zero attached hydrogens (tertiary/aromatic N) is 3. The highest BCUT2D eigenvalue weighted by Gasteiger charge is 2.09. The van der Waals surface area contributed by atoms with E-state index in [0.717, 1.165) is 4.90 Å². The zero-order chi connectivity index (χ0) is 13.7. The minimum Gasteiger partial charge on any atom is -0.423 e. The molecule has 0 aliphatic heterocycles. The van der Waals surface area contributed by atoms with Crippen LogP contribution in [0.3, 0.4) is 0 Å². The van der Waals surface area contributed by atoms with Gasteiger partial charge in [-0.2, -0.15) is 15.0 Å². The Kier molecular flexibility index (Phi) is 4.81. The van der Waals surface area contributed by atoms with Crippen LogP contribution in [0, 0.1) is 0 Å². The SMILES string of the molecule is CCNc1nc(Cl)nc(Oc2ccccc2SC)n1. The van der Waals surface area contributed by atoms with Gasteiger partial charge < -0.3 is 10.1 Å². The Bertz CT molecular complexity index is 567. The van der Waals surface area contributed by atoms with Crippen molar-refractivity contribution in [1.29, 1.82) is 0 Å². The summed E-state index contributed by atoms with van der Waals surface area (Å²) >= 11 is 7.43. The van der Waals surface area contributed by atoms with Crippen LogP contribution in [0.25, 0.3) is 0 Å². The first-order valence-electron chi connectivity index (χ1n) is 5.69. The van der Waals surface area contributed by atoms with Gasteiger partial charge in [0.2, 0.25) is 11.2 Å². The molecule has 7 heteroatoms. The maximum Gasteiger partial charge on any atom is 0.328 e. The minimum atomic E-state index is 0.0996. The van der Waals surface area contributed by atoms with Crippen LogP contribution < -0.4 is 10.1 Å². The van der Waals surface area contributed by atoms with Gasteiger partial charge in [-0.15, -0.1) is 11.8 Å². The van der Waals surface area contributed by atoms with Crippen LogP contribution in [0.4, 0.5) is 5.95 Å². The Morgan fingerprint density at radius 3 is 2.79 bits per heavy atom. The molecule has 1 N–H and O–H groups in total. The highest BCUT2D eigenvalue weighted by molar-refractivity contribution is 7.98. The van der Waals surface area contributed by atoms with E-state index in [4.69, 9.17) is 16.3 Å². The van der Waals surface area contributed by atoms with Crippen LogP contribution in [-0.2, 0) is 0 Å². The van der Waals surface area contributed by atoms with E-state index in [-0.39, 0.29) is 11.3 Å². The molecule has 0 radical (unpaired) electrons. The van der Waals surface area contributed by atoms with Crippen LogP contribution >= 0.6 is 23.4 Å². The van der Waals surface area contributed by atoms with Crippen molar-refractivity contribution in [3.05, 3.63) is 29.5 Å². The fourth-order valence-electron chi connectivity index (χ4n) is 1.42. The summed E-state index contributed by atoms with van der Waals surface area (Å²) in [7, 11) is 0. The Hall–Kier alpha value is -1.53. The average molecular weight is 297 g/mol. The predicted molar refractivity (Wildman–Crippen MR) is 77.3 cm³/mol. The second-order valence-electron chi connectivity index (χ2n) is 3.49. The number of hydrogen-bond acceptors (Lipinski definition) is 6. The average Bonchev–Trinajstić information content (AvgIpc) is 2.39. The third kappa shape index (κ3) is 3.71. The first-order valence-corrected chi connectivity index (χ1v) is 7.29. The molecule has 0 fully saturated rings. The van der Waals surface area contributed by atoms with E-state index in [1.54, 1.807) is 11.8 Å². The number of benzene rings is 1. The normalized spacial score (nSPS) is 10.3. The molecule has 0 spiro atoms. The van der Waals surface area contributed by atoms with Crippen LogP contribution in [-0.4, -0.2) is 27.8 Å². The Labute approximate surface area is 120 Å². The minimum absolute atomic E-state index is 0.0996. The number of rotatable bonds is 5. The fraction of sp³-hybridized carbons (Fsp3) is 0.250. The zero-order valence-electron chi connectivity index (χ0n) is 10.6. The van der Waals surface area contributed by atoms with Gasteiger partial charge in [0, 0.05) is 11.4 Å². The largest absolute Gasteiger partial charge is 0.423 e. The van der Waals surface area contributed by atoms with Crippen LogP contribution in [0.1, 0.15) is 6.92 Å². The van der Waals surface area contributed by atoms with Gasteiger partial charge in [0.1, 0.15) is 5.75 Å². The molecule has 0 saturated heterocycles. The Balaban J connectivity index is 2.27. The number of thioether (sulfide) groups is 1. The summed E-state index contributed by atoms with van der Waals surface area (Å²) in [5.74, 6) is 1.10. The molecule has 0 amide bonds. The predicted octanol–water partition coefficient (Wildman–Crippen LogP) is 3.47. The van der Waals surface area contributed by atoms with Gasteiger partial charge in [-0.1, -0.05) is 12.1 Å². The third-order valence-corrected chi connectivity index (χ3v) is 3.14. The molecule has 0 aliphatic rings. The first-order chi connectivity index (χ1) is 9.22. The van der Waals surface area contributed by atoms with Gasteiger partial charge >= 0.3 is 6.01 Å². The number of hydrogen-bond donors (Lipinski definition) is 1. The standard InChI is InChI=1S/C12H13ClN4OS/c1-3-14-11-15-10(13)16-12(17-11)18-8-6-4-5-7-9(8)19-2/h4-7H,3H2,1-2H3,(H,14,15,16,17). The van der Waals surface area contributed by atoms with Crippen molar-refractivity contribution in [2.24, 2.45) is 0 Å². The summed E-state index contributed by atoms with van der Waals surface area (Å²) in [6.07, 6.45) is 1.98. The molecule has 1 aromatic carbocycles. The van der Waals surface area contributed by atoms with E-state index in [9.17, 15) is 0 Å². The second-order valence-corrected chi connectivity index (χ2v) is 4.68. The van der Waals surface area contributed by atoms with Crippen molar-refractivity contribution in [1.82, 2.24) is 15.0 Å². The lowest BCUT2D eigenvalue weighted by molar-refractivity contribution is 0.430. The van der Waals surface area contributed by atoms with E-state index in [0.29, 0.717) is 18.2 Å². The molecule has 1 aromatic heterocycles. The van der Waals surface area contributed by atoms with E-state index >= 15 is 0 Å². The molecular formula is C12H13ClN4OS. The van der Waals surface area contributed by atoms with Gasteiger partial charge in [-0.05, 0) is 36.9 Å². The van der Waals surface area contributed by atoms with Crippen LogP contribution in [0.2, 0.25) is 5.28 Å². The molecule has 2 rings (SSSR count). The number of ether oxygens (including phenoxy) is 1. The third-order valence-electron chi connectivity index (χ3n) is 2.19. The van der Waals surface area contributed by atoms with Crippen molar-refractivity contribution < 1.29 is 4.74 Å². The molecule has 1 heterocycles. The lowest BCUT2D eigenvalue weighted by Gasteiger charge is -2.08. The molecular weight excluding hydrogens is 284 g/mol. The highest BCUT2D eigenvalue weighted by Crippen LogP contribution is 2.30. The van der Waals surface area contributed by atoms with Crippen LogP contribution in [0.5, 0.6) is 11.8 Å². The number of para-hydroxylation sites is 1. The van der Waals surface area contributed by atoms with Gasteiger partial charge in [0.25, 0.3) is 0 Å². The summed E-state index contributed by atoms with van der Waals surface area (Å²) < 4.78 is 5.66. The molecule has 0 atom stereocenters. The van der Waals surface area contributed by atoms with Gasteiger partial charge in [-0.3, -0.25) is 0 Å². The summed E-state index contributed by atoms with van der Waals surface area (Å²) in [5, 5.41) is 3.07. The number of aromatic nitrogens is 3. The smallest absolute Gasteiger partial charge is 0.328 e. The zero-order valence-corrected chi connectivity index (χ0v) is 12.1. The van der Waals surface area contributed by atoms with Gasteiger partial charge in [0.05, 0.1) is 0 Å². The molecule has 2 aromatic rings.